The van der Waals surface area contributed by atoms with Crippen molar-refractivity contribution in [1.29, 1.82) is 0 Å². The number of aromatic nitrogens is 1. The van der Waals surface area contributed by atoms with E-state index in [0.717, 1.165) is 22.2 Å². The van der Waals surface area contributed by atoms with Crippen LogP contribution in [0.5, 0.6) is 5.75 Å². The van der Waals surface area contributed by atoms with Crippen LogP contribution in [0, 0.1) is 5.92 Å². The van der Waals surface area contributed by atoms with Gasteiger partial charge >= 0.3 is 11.9 Å². The molecule has 1 heterocycles. The fraction of sp³-hybridized carbons (Fsp3) is 0.207. The lowest BCUT2D eigenvalue weighted by Crippen LogP contribution is -2.27. The number of ether oxygens (including phenoxy) is 3. The van der Waals surface area contributed by atoms with Crippen molar-refractivity contribution < 1.29 is 28.6 Å². The average Bonchev–Trinajstić information content (AvgIpc) is 3.26. The third kappa shape index (κ3) is 4.47. The molecular formula is C29H25NO6. The van der Waals surface area contributed by atoms with Crippen molar-refractivity contribution >= 4 is 28.7 Å². The van der Waals surface area contributed by atoms with Gasteiger partial charge in [0.1, 0.15) is 5.75 Å². The number of methoxy groups -OCH3 is 1. The lowest BCUT2D eigenvalue weighted by molar-refractivity contribution is -0.157. The van der Waals surface area contributed by atoms with Crippen LogP contribution in [-0.4, -0.2) is 36.3 Å². The van der Waals surface area contributed by atoms with E-state index in [0.29, 0.717) is 36.1 Å². The second-order valence-electron chi connectivity index (χ2n) is 8.63. The Morgan fingerprint density at radius 3 is 2.44 bits per heavy atom. The van der Waals surface area contributed by atoms with Gasteiger partial charge in [0.05, 0.1) is 24.1 Å². The molecule has 1 atom stereocenters. The van der Waals surface area contributed by atoms with Gasteiger partial charge in [-0.05, 0) is 61.2 Å². The highest BCUT2D eigenvalue weighted by atomic mass is 16.7. The lowest BCUT2D eigenvalue weighted by atomic mass is 9.86. The first-order valence-corrected chi connectivity index (χ1v) is 11.8. The van der Waals surface area contributed by atoms with Crippen LogP contribution in [0.1, 0.15) is 38.4 Å². The number of carbonyl (C=O) groups is 3. The van der Waals surface area contributed by atoms with Gasteiger partial charge in [0.25, 0.3) is 5.91 Å². The molecule has 0 spiro atoms. The van der Waals surface area contributed by atoms with Crippen LogP contribution in [-0.2, 0) is 27.1 Å². The molecule has 7 nitrogen and oxygen atoms in total. The van der Waals surface area contributed by atoms with Crippen molar-refractivity contribution in [2.24, 2.45) is 5.92 Å². The Morgan fingerprint density at radius 2 is 1.64 bits per heavy atom. The number of benzene rings is 3. The fourth-order valence-corrected chi connectivity index (χ4v) is 4.74. The summed E-state index contributed by atoms with van der Waals surface area (Å²) in [6.07, 6.45) is 1.55. The van der Waals surface area contributed by atoms with E-state index in [1.807, 2.05) is 42.5 Å². The second kappa shape index (κ2) is 10.1. The van der Waals surface area contributed by atoms with Crippen LogP contribution in [0.3, 0.4) is 0 Å². The third-order valence-electron chi connectivity index (χ3n) is 6.52. The predicted molar refractivity (Wildman–Crippen MR) is 133 cm³/mol. The zero-order chi connectivity index (χ0) is 25.1. The maximum Gasteiger partial charge on any atom is 0.341 e. The van der Waals surface area contributed by atoms with E-state index in [9.17, 15) is 14.4 Å². The van der Waals surface area contributed by atoms with Gasteiger partial charge < -0.3 is 14.2 Å². The Balaban J connectivity index is 1.29. The molecule has 0 amide bonds. The quantitative estimate of drug-likeness (QED) is 0.289. The van der Waals surface area contributed by atoms with Crippen molar-refractivity contribution in [2.45, 2.75) is 19.3 Å². The SMILES string of the molecule is COc1cccc(C(=O)OCOC(=O)C2CCc3c(c4ccccc4n3C(=O)c3ccccc3)C2)c1. The zero-order valence-electron chi connectivity index (χ0n) is 19.8. The van der Waals surface area contributed by atoms with Crippen molar-refractivity contribution in [1.82, 2.24) is 4.57 Å². The summed E-state index contributed by atoms with van der Waals surface area (Å²) >= 11 is 0. The molecule has 0 saturated carbocycles. The summed E-state index contributed by atoms with van der Waals surface area (Å²) in [6.45, 7) is -0.466. The van der Waals surface area contributed by atoms with Crippen molar-refractivity contribution in [3.63, 3.8) is 0 Å². The van der Waals surface area contributed by atoms with E-state index in [1.165, 1.54) is 7.11 Å². The number of esters is 2. The minimum absolute atomic E-state index is 0.0847. The van der Waals surface area contributed by atoms with Crippen molar-refractivity contribution in [2.75, 3.05) is 13.9 Å². The van der Waals surface area contributed by atoms with E-state index in [4.69, 9.17) is 14.2 Å². The molecule has 1 aliphatic carbocycles. The molecule has 0 saturated heterocycles. The van der Waals surface area contributed by atoms with E-state index < -0.39 is 18.7 Å². The zero-order valence-corrected chi connectivity index (χ0v) is 19.8. The molecule has 3 aromatic carbocycles. The Hall–Kier alpha value is -4.39. The van der Waals surface area contributed by atoms with Gasteiger partial charge in [-0.15, -0.1) is 0 Å². The standard InChI is InChI=1S/C29H25NO6/c1-34-22-11-7-10-20(16-22)28(32)35-18-36-29(33)21-14-15-26-24(17-21)23-12-5-6-13-25(23)30(26)27(31)19-8-3-2-4-9-19/h2-13,16,21H,14-15,17-18H2,1H3. The first-order valence-electron chi connectivity index (χ1n) is 11.8. The Bertz CT molecular complexity index is 1440. The number of fused-ring (bicyclic) bond motifs is 3. The molecular weight excluding hydrogens is 458 g/mol. The number of carbonyl (C=O) groups excluding carboxylic acids is 3. The summed E-state index contributed by atoms with van der Waals surface area (Å²) in [5.74, 6) is -0.970. The molecule has 182 valence electrons. The van der Waals surface area contributed by atoms with E-state index in [2.05, 4.69) is 0 Å². The summed E-state index contributed by atoms with van der Waals surface area (Å²) in [6, 6.07) is 23.5. The minimum atomic E-state index is -0.602. The Labute approximate surface area is 208 Å². The van der Waals surface area contributed by atoms with Crippen molar-refractivity contribution in [3.05, 3.63) is 101 Å². The molecule has 1 aromatic heterocycles. The molecule has 0 aliphatic heterocycles. The number of rotatable bonds is 6. The predicted octanol–water partition coefficient (Wildman–Crippen LogP) is 4.80. The summed E-state index contributed by atoms with van der Waals surface area (Å²) in [5, 5.41) is 0.957. The number of para-hydroxylation sites is 1. The van der Waals surface area contributed by atoms with Gasteiger partial charge in [-0.1, -0.05) is 42.5 Å². The van der Waals surface area contributed by atoms with Crippen LogP contribution in [0.2, 0.25) is 0 Å². The van der Waals surface area contributed by atoms with Gasteiger partial charge in [-0.3, -0.25) is 14.2 Å². The average molecular weight is 484 g/mol. The minimum Gasteiger partial charge on any atom is -0.497 e. The van der Waals surface area contributed by atoms with Crippen molar-refractivity contribution in [3.8, 4) is 5.75 Å². The molecule has 36 heavy (non-hydrogen) atoms. The van der Waals surface area contributed by atoms with Crippen LogP contribution in [0.25, 0.3) is 10.9 Å². The molecule has 5 rings (SSSR count). The number of nitrogens with zero attached hydrogens (tertiary/aromatic N) is 1. The van der Waals surface area contributed by atoms with Gasteiger partial charge in [0.15, 0.2) is 0 Å². The normalized spacial score (nSPS) is 14.6. The molecule has 7 heteroatoms. The topological polar surface area (TPSA) is 83.8 Å². The summed E-state index contributed by atoms with van der Waals surface area (Å²) in [5.41, 5.74) is 3.66. The monoisotopic (exact) mass is 483 g/mol. The Morgan fingerprint density at radius 1 is 0.889 bits per heavy atom. The highest BCUT2D eigenvalue weighted by Gasteiger charge is 2.32. The van der Waals surface area contributed by atoms with Crippen LogP contribution in [0.4, 0.5) is 0 Å². The first-order chi connectivity index (χ1) is 17.6. The molecule has 1 aliphatic rings. The third-order valence-corrected chi connectivity index (χ3v) is 6.52. The first kappa shape index (κ1) is 23.4. The summed E-state index contributed by atoms with van der Waals surface area (Å²) in [4.78, 5) is 38.5. The number of hydrogen-bond donors (Lipinski definition) is 0. The van der Waals surface area contributed by atoms with Gasteiger partial charge in [0.2, 0.25) is 6.79 Å². The summed E-state index contributed by atoms with van der Waals surface area (Å²) < 4.78 is 17.3. The molecule has 0 radical (unpaired) electrons. The van der Waals surface area contributed by atoms with Crippen LogP contribution >= 0.6 is 0 Å². The van der Waals surface area contributed by atoms with E-state index >= 15 is 0 Å². The fourth-order valence-electron chi connectivity index (χ4n) is 4.74. The number of hydrogen-bond acceptors (Lipinski definition) is 6. The smallest absolute Gasteiger partial charge is 0.341 e. The maximum absolute atomic E-state index is 13.4. The van der Waals surface area contributed by atoms with Crippen LogP contribution in [0.15, 0.2) is 78.9 Å². The second-order valence-corrected chi connectivity index (χ2v) is 8.63. The van der Waals surface area contributed by atoms with Gasteiger partial charge in [-0.25, -0.2) is 4.79 Å². The Kier molecular flexibility index (Phi) is 6.54. The largest absolute Gasteiger partial charge is 0.497 e. The molecule has 0 N–H and O–H groups in total. The van der Waals surface area contributed by atoms with Gasteiger partial charge in [-0.2, -0.15) is 0 Å². The molecule has 1 unspecified atom stereocenters. The van der Waals surface area contributed by atoms with Gasteiger partial charge in [0, 0.05) is 16.6 Å². The highest BCUT2D eigenvalue weighted by Crippen LogP contribution is 2.35. The van der Waals surface area contributed by atoms with E-state index in [-0.39, 0.29) is 11.8 Å². The van der Waals surface area contributed by atoms with E-state index in [1.54, 1.807) is 41.0 Å². The summed E-state index contributed by atoms with van der Waals surface area (Å²) in [7, 11) is 1.51. The maximum atomic E-state index is 13.4. The van der Waals surface area contributed by atoms with Crippen LogP contribution < -0.4 is 4.74 Å². The molecule has 0 fully saturated rings. The lowest BCUT2D eigenvalue weighted by Gasteiger charge is -2.22. The molecule has 0 bridgehead atoms. The highest BCUT2D eigenvalue weighted by molar-refractivity contribution is 6.04. The molecule has 4 aromatic rings.